The van der Waals surface area contributed by atoms with E-state index in [1.54, 1.807) is 0 Å². The number of carboxylic acids is 1. The van der Waals surface area contributed by atoms with Gasteiger partial charge >= 0.3 is 23.9 Å². The average Bonchev–Trinajstić information content (AvgIpc) is 3.44. The Morgan fingerprint density at radius 1 is 0.430 bits per heavy atom. The SMILES string of the molecule is CC/C=C\C/C=C\C/C=C\C/C=C\CCC(=O)OC(COC(=O)CCCCCCCCCCCCCCCCCCCCC)COC1OC(C(=O)O)C(O)C(O)C1OC(=O)CCCCCCCCC/C=C\C/C=C\C/C=C\CC. The van der Waals surface area contributed by atoms with Crippen LogP contribution < -0.4 is 0 Å². The minimum Gasteiger partial charge on any atom is -0.479 e. The monoisotopic (exact) mass is 1110 g/mol. The highest BCUT2D eigenvalue weighted by Gasteiger charge is 2.50. The lowest BCUT2D eigenvalue weighted by molar-refractivity contribution is -0.301. The Kier molecular flexibility index (Phi) is 50.3. The van der Waals surface area contributed by atoms with E-state index in [1.807, 2.05) is 12.2 Å². The summed E-state index contributed by atoms with van der Waals surface area (Å²) in [5.74, 6) is -3.23. The van der Waals surface area contributed by atoms with Crippen LogP contribution in [0, 0.1) is 0 Å². The number of carbonyl (C=O) groups excluding carboxylic acids is 3. The number of esters is 3. The molecule has 6 atom stereocenters. The molecular formula is C67H112O12. The Labute approximate surface area is 480 Å². The molecule has 0 aromatic heterocycles. The van der Waals surface area contributed by atoms with Gasteiger partial charge in [0.05, 0.1) is 6.61 Å². The number of aliphatic hydroxyl groups excluding tert-OH is 2. The summed E-state index contributed by atoms with van der Waals surface area (Å²) in [4.78, 5) is 51.2. The summed E-state index contributed by atoms with van der Waals surface area (Å²) in [5, 5.41) is 31.5. The van der Waals surface area contributed by atoms with Crippen molar-refractivity contribution < 1.29 is 58.2 Å². The fourth-order valence-corrected chi connectivity index (χ4v) is 9.22. The molecule has 0 aromatic carbocycles. The Morgan fingerprint density at radius 2 is 0.823 bits per heavy atom. The molecule has 12 heteroatoms. The van der Waals surface area contributed by atoms with Crippen LogP contribution in [-0.2, 0) is 42.9 Å². The quantitative estimate of drug-likeness (QED) is 0.0228. The van der Waals surface area contributed by atoms with Crippen molar-refractivity contribution in [2.24, 2.45) is 0 Å². The van der Waals surface area contributed by atoms with Crippen LogP contribution in [0.2, 0.25) is 0 Å². The first kappa shape index (κ1) is 72.9. The summed E-state index contributed by atoms with van der Waals surface area (Å²) < 4.78 is 28.4. The zero-order chi connectivity index (χ0) is 57.5. The second kappa shape index (κ2) is 54.5. The number of hydrogen-bond donors (Lipinski definition) is 3. The van der Waals surface area contributed by atoms with E-state index in [2.05, 4.69) is 93.7 Å². The summed E-state index contributed by atoms with van der Waals surface area (Å²) in [6, 6.07) is 0. The first-order valence-electron chi connectivity index (χ1n) is 31.6. The maximum Gasteiger partial charge on any atom is 0.335 e. The molecule has 1 aliphatic heterocycles. The van der Waals surface area contributed by atoms with Crippen LogP contribution in [-0.4, -0.2) is 89.2 Å². The molecule has 0 amide bonds. The number of aliphatic hydroxyl groups is 2. The topological polar surface area (TPSA) is 175 Å². The third-order valence-corrected chi connectivity index (χ3v) is 14.0. The van der Waals surface area contributed by atoms with Crippen LogP contribution >= 0.6 is 0 Å². The van der Waals surface area contributed by atoms with Gasteiger partial charge in [-0.3, -0.25) is 14.4 Å². The summed E-state index contributed by atoms with van der Waals surface area (Å²) in [7, 11) is 0. The molecular weight excluding hydrogens is 997 g/mol. The molecule has 1 aliphatic rings. The molecule has 3 N–H and O–H groups in total. The largest absolute Gasteiger partial charge is 0.479 e. The lowest BCUT2D eigenvalue weighted by Crippen LogP contribution is -2.61. The van der Waals surface area contributed by atoms with Crippen LogP contribution in [0.1, 0.15) is 265 Å². The predicted molar refractivity (Wildman–Crippen MR) is 321 cm³/mol. The molecule has 0 saturated carbocycles. The number of carboxylic acid groups (broad SMARTS) is 1. The number of unbranched alkanes of at least 4 members (excludes halogenated alkanes) is 25. The van der Waals surface area contributed by atoms with E-state index < -0.39 is 67.3 Å². The molecule has 0 spiro atoms. The molecule has 0 aliphatic carbocycles. The van der Waals surface area contributed by atoms with E-state index in [-0.39, 0.29) is 25.9 Å². The van der Waals surface area contributed by atoms with Crippen molar-refractivity contribution in [2.45, 2.75) is 302 Å². The van der Waals surface area contributed by atoms with E-state index in [4.69, 9.17) is 23.7 Å². The van der Waals surface area contributed by atoms with Gasteiger partial charge in [0.2, 0.25) is 0 Å². The van der Waals surface area contributed by atoms with Gasteiger partial charge in [0.1, 0.15) is 18.8 Å². The first-order chi connectivity index (χ1) is 38.6. The van der Waals surface area contributed by atoms with Crippen molar-refractivity contribution in [1.82, 2.24) is 0 Å². The second-order valence-electron chi connectivity index (χ2n) is 21.3. The number of aliphatic carboxylic acids is 1. The normalized spacial score (nSPS) is 18.4. The summed E-state index contributed by atoms with van der Waals surface area (Å²) in [6.07, 6.45) is 58.6. The standard InChI is InChI=1S/C67H112O12/c1-4-7-10-13-16-19-22-25-27-29-30-32-33-36-38-41-44-47-50-53-59(68)75-56-58(77-60(69)54-51-48-45-42-39-35-24-21-18-15-12-9-6-3)57-76-67-65(63(72)62(71)64(79-67)66(73)74)78-61(70)55-52-49-46-43-40-37-34-31-28-26-23-20-17-14-11-8-5-2/h8-9,11-12,17-18,20-21,26,28,35,39,45,48,58,62-65,67,71-72H,4-7,10,13-16,19,22-25,27,29-34,36-38,40-44,46-47,49-57H2,1-3H3,(H,73,74)/b11-8-,12-9-,20-17-,21-18-,28-26-,39-35-,48-45-. The second-order valence-corrected chi connectivity index (χ2v) is 21.3. The number of ether oxygens (including phenoxy) is 5. The van der Waals surface area contributed by atoms with Crippen molar-refractivity contribution in [2.75, 3.05) is 13.2 Å². The van der Waals surface area contributed by atoms with Crippen LogP contribution in [0.25, 0.3) is 0 Å². The van der Waals surface area contributed by atoms with Crippen molar-refractivity contribution in [3.05, 3.63) is 85.1 Å². The van der Waals surface area contributed by atoms with E-state index in [0.29, 0.717) is 25.7 Å². The van der Waals surface area contributed by atoms with Gasteiger partial charge in [-0.25, -0.2) is 4.79 Å². The maximum atomic E-state index is 13.1. The highest BCUT2D eigenvalue weighted by Crippen LogP contribution is 2.26. The van der Waals surface area contributed by atoms with Gasteiger partial charge in [0.15, 0.2) is 24.6 Å². The summed E-state index contributed by atoms with van der Waals surface area (Å²) >= 11 is 0. The maximum absolute atomic E-state index is 13.1. The van der Waals surface area contributed by atoms with Crippen molar-refractivity contribution >= 4 is 23.9 Å². The van der Waals surface area contributed by atoms with Crippen molar-refractivity contribution in [3.8, 4) is 0 Å². The first-order valence-corrected chi connectivity index (χ1v) is 31.6. The van der Waals surface area contributed by atoms with Gasteiger partial charge in [0.25, 0.3) is 0 Å². The zero-order valence-electron chi connectivity index (χ0n) is 49.8. The minimum atomic E-state index is -1.92. The molecule has 1 rings (SSSR count). The zero-order valence-corrected chi connectivity index (χ0v) is 49.8. The Hall–Kier alpha value is -4.10. The van der Waals surface area contributed by atoms with Gasteiger partial charge in [-0.05, 0) is 77.0 Å². The highest BCUT2D eigenvalue weighted by molar-refractivity contribution is 5.74. The summed E-state index contributed by atoms with van der Waals surface area (Å²) in [5.41, 5.74) is 0. The molecule has 0 bridgehead atoms. The fraction of sp³-hybridized carbons (Fsp3) is 0.731. The molecule has 1 heterocycles. The lowest BCUT2D eigenvalue weighted by Gasteiger charge is -2.40. The van der Waals surface area contributed by atoms with E-state index in [0.717, 1.165) is 103 Å². The van der Waals surface area contributed by atoms with Gasteiger partial charge in [0, 0.05) is 19.3 Å². The van der Waals surface area contributed by atoms with E-state index >= 15 is 0 Å². The molecule has 452 valence electrons. The van der Waals surface area contributed by atoms with Crippen molar-refractivity contribution in [3.63, 3.8) is 0 Å². The fourth-order valence-electron chi connectivity index (χ4n) is 9.22. The Morgan fingerprint density at radius 3 is 1.27 bits per heavy atom. The molecule has 0 radical (unpaired) electrons. The van der Waals surface area contributed by atoms with Gasteiger partial charge in [-0.1, -0.05) is 254 Å². The van der Waals surface area contributed by atoms with Crippen LogP contribution in [0.3, 0.4) is 0 Å². The third kappa shape index (κ3) is 44.3. The van der Waals surface area contributed by atoms with Crippen LogP contribution in [0.15, 0.2) is 85.1 Å². The smallest absolute Gasteiger partial charge is 0.335 e. The van der Waals surface area contributed by atoms with Crippen LogP contribution in [0.5, 0.6) is 0 Å². The molecule has 79 heavy (non-hydrogen) atoms. The third-order valence-electron chi connectivity index (χ3n) is 14.0. The minimum absolute atomic E-state index is 0.0392. The Bertz CT molecular complexity index is 1700. The van der Waals surface area contributed by atoms with E-state index in [1.165, 1.54) is 96.3 Å². The van der Waals surface area contributed by atoms with Crippen molar-refractivity contribution in [1.29, 1.82) is 0 Å². The molecule has 12 nitrogen and oxygen atoms in total. The Balaban J connectivity index is 2.67. The van der Waals surface area contributed by atoms with Crippen LogP contribution in [0.4, 0.5) is 0 Å². The molecule has 6 unspecified atom stereocenters. The van der Waals surface area contributed by atoms with Gasteiger partial charge < -0.3 is 39.0 Å². The molecule has 1 saturated heterocycles. The number of carbonyl (C=O) groups is 4. The molecule has 1 fully saturated rings. The number of hydrogen-bond acceptors (Lipinski definition) is 11. The lowest BCUT2D eigenvalue weighted by atomic mass is 9.98. The number of allylic oxidation sites excluding steroid dienone is 14. The number of rotatable bonds is 53. The average molecular weight is 1110 g/mol. The van der Waals surface area contributed by atoms with Gasteiger partial charge in [-0.15, -0.1) is 0 Å². The highest BCUT2D eigenvalue weighted by atomic mass is 16.7. The molecule has 0 aromatic rings. The summed E-state index contributed by atoms with van der Waals surface area (Å²) in [6.45, 7) is 5.73. The predicted octanol–water partition coefficient (Wildman–Crippen LogP) is 16.7. The van der Waals surface area contributed by atoms with Gasteiger partial charge in [-0.2, -0.15) is 0 Å². The van der Waals surface area contributed by atoms with E-state index in [9.17, 15) is 34.5 Å².